The summed E-state index contributed by atoms with van der Waals surface area (Å²) in [7, 11) is -3.43. The average Bonchev–Trinajstić information content (AvgIpc) is 3.13. The highest BCUT2D eigenvalue weighted by atomic mass is 32.2. The van der Waals surface area contributed by atoms with E-state index in [1.807, 2.05) is 32.9 Å². The number of pyridine rings is 1. The number of nitrogens with one attached hydrogen (secondary N) is 1. The van der Waals surface area contributed by atoms with E-state index in [0.29, 0.717) is 31.9 Å². The predicted octanol–water partition coefficient (Wildman–Crippen LogP) is 3.65. The van der Waals surface area contributed by atoms with Crippen molar-refractivity contribution < 1.29 is 12.8 Å². The molecule has 0 amide bonds. The fraction of sp³-hybridized carbons (Fsp3) is 0.450. The van der Waals surface area contributed by atoms with Gasteiger partial charge in [-0.05, 0) is 43.7 Å². The van der Waals surface area contributed by atoms with Crippen molar-refractivity contribution in [2.45, 2.75) is 33.1 Å². The maximum Gasteiger partial charge on any atom is 0.281 e. The summed E-state index contributed by atoms with van der Waals surface area (Å²) in [4.78, 5) is 4.63. The molecule has 0 saturated carbocycles. The van der Waals surface area contributed by atoms with Crippen LogP contribution in [0.2, 0.25) is 0 Å². The van der Waals surface area contributed by atoms with Gasteiger partial charge in [0.2, 0.25) is 0 Å². The van der Waals surface area contributed by atoms with Gasteiger partial charge in [0.15, 0.2) is 0 Å². The topological polar surface area (TPSA) is 65.5 Å². The Balaban J connectivity index is 1.78. The van der Waals surface area contributed by atoms with Crippen molar-refractivity contribution in [2.75, 3.05) is 31.5 Å². The monoisotopic (exact) mass is 406 g/mol. The van der Waals surface area contributed by atoms with Crippen LogP contribution in [-0.2, 0) is 10.2 Å². The SMILES string of the molecule is CCN(CC)S(=O)(=O)N1CC[C@@H](c2cc(Nc3cccc(F)c3)cc(C)n2)C1. The summed E-state index contributed by atoms with van der Waals surface area (Å²) < 4.78 is 42.0. The normalized spacial score (nSPS) is 18.0. The second-order valence-corrected chi connectivity index (χ2v) is 8.92. The van der Waals surface area contributed by atoms with Gasteiger partial charge in [0.1, 0.15) is 5.82 Å². The van der Waals surface area contributed by atoms with Gasteiger partial charge < -0.3 is 5.32 Å². The van der Waals surface area contributed by atoms with Crippen LogP contribution in [0.5, 0.6) is 0 Å². The molecule has 8 heteroatoms. The van der Waals surface area contributed by atoms with Crippen molar-refractivity contribution >= 4 is 21.6 Å². The molecule has 1 aromatic heterocycles. The van der Waals surface area contributed by atoms with E-state index in [0.717, 1.165) is 23.5 Å². The van der Waals surface area contributed by atoms with Crippen LogP contribution in [0.15, 0.2) is 36.4 Å². The van der Waals surface area contributed by atoms with E-state index >= 15 is 0 Å². The molecule has 1 aliphatic rings. The molecule has 0 aliphatic carbocycles. The highest BCUT2D eigenvalue weighted by Crippen LogP contribution is 2.31. The first-order valence-electron chi connectivity index (χ1n) is 9.60. The molecule has 1 atom stereocenters. The summed E-state index contributed by atoms with van der Waals surface area (Å²) in [5, 5.41) is 3.21. The Morgan fingerprint density at radius 3 is 2.64 bits per heavy atom. The first-order valence-corrected chi connectivity index (χ1v) is 11.0. The molecule has 0 radical (unpaired) electrons. The van der Waals surface area contributed by atoms with Crippen molar-refractivity contribution in [1.82, 2.24) is 13.6 Å². The van der Waals surface area contributed by atoms with Gasteiger partial charge in [-0.25, -0.2) is 4.39 Å². The molecule has 2 aromatic rings. The van der Waals surface area contributed by atoms with Gasteiger partial charge in [0.25, 0.3) is 10.2 Å². The number of aromatic nitrogens is 1. The summed E-state index contributed by atoms with van der Waals surface area (Å²) in [6.45, 7) is 7.44. The minimum Gasteiger partial charge on any atom is -0.355 e. The predicted molar refractivity (Wildman–Crippen MR) is 109 cm³/mol. The molecule has 152 valence electrons. The first-order chi connectivity index (χ1) is 13.3. The molecule has 1 aliphatic heterocycles. The lowest BCUT2D eigenvalue weighted by Crippen LogP contribution is -2.42. The van der Waals surface area contributed by atoms with Crippen LogP contribution in [0.3, 0.4) is 0 Å². The number of nitrogens with zero attached hydrogens (tertiary/aromatic N) is 3. The number of halogens is 1. The van der Waals surface area contributed by atoms with Crippen LogP contribution in [0.25, 0.3) is 0 Å². The van der Waals surface area contributed by atoms with Crippen LogP contribution in [0.4, 0.5) is 15.8 Å². The lowest BCUT2D eigenvalue weighted by Gasteiger charge is -2.25. The quantitative estimate of drug-likeness (QED) is 0.762. The lowest BCUT2D eigenvalue weighted by atomic mass is 10.0. The van der Waals surface area contributed by atoms with Crippen LogP contribution in [-0.4, -0.2) is 48.2 Å². The van der Waals surface area contributed by atoms with Gasteiger partial charge in [-0.1, -0.05) is 19.9 Å². The van der Waals surface area contributed by atoms with Crippen LogP contribution >= 0.6 is 0 Å². The summed E-state index contributed by atoms with van der Waals surface area (Å²) in [6, 6.07) is 10.1. The Kier molecular flexibility index (Phi) is 6.32. The molecule has 1 aromatic carbocycles. The zero-order valence-corrected chi connectivity index (χ0v) is 17.3. The van der Waals surface area contributed by atoms with Gasteiger partial charge >= 0.3 is 0 Å². The minimum absolute atomic E-state index is 0.0401. The van der Waals surface area contributed by atoms with E-state index in [2.05, 4.69) is 10.3 Å². The molecule has 28 heavy (non-hydrogen) atoms. The van der Waals surface area contributed by atoms with Gasteiger partial charge in [-0.3, -0.25) is 4.98 Å². The highest BCUT2D eigenvalue weighted by molar-refractivity contribution is 7.86. The van der Waals surface area contributed by atoms with Crippen LogP contribution in [0.1, 0.15) is 37.6 Å². The molecular weight excluding hydrogens is 379 g/mol. The molecule has 0 bridgehead atoms. The Bertz CT molecular complexity index is 932. The molecule has 1 fully saturated rings. The maximum absolute atomic E-state index is 13.4. The Morgan fingerprint density at radius 2 is 1.96 bits per heavy atom. The summed E-state index contributed by atoms with van der Waals surface area (Å²) in [5.74, 6) is -0.262. The largest absolute Gasteiger partial charge is 0.355 e. The first kappa shape index (κ1) is 20.7. The third kappa shape index (κ3) is 4.51. The summed E-state index contributed by atoms with van der Waals surface area (Å²) in [5.41, 5.74) is 3.17. The van der Waals surface area contributed by atoms with Crippen LogP contribution in [0, 0.1) is 12.7 Å². The average molecular weight is 407 g/mol. The van der Waals surface area contributed by atoms with Gasteiger partial charge in [0.05, 0.1) is 0 Å². The molecule has 1 N–H and O–H groups in total. The third-order valence-corrected chi connectivity index (χ3v) is 7.17. The Morgan fingerprint density at radius 1 is 1.21 bits per heavy atom. The zero-order valence-electron chi connectivity index (χ0n) is 16.5. The molecule has 1 saturated heterocycles. The zero-order chi connectivity index (χ0) is 20.3. The summed E-state index contributed by atoms with van der Waals surface area (Å²) in [6.07, 6.45) is 0.732. The number of hydrogen-bond donors (Lipinski definition) is 1. The lowest BCUT2D eigenvalue weighted by molar-refractivity contribution is 0.377. The van der Waals surface area contributed by atoms with E-state index < -0.39 is 10.2 Å². The molecule has 2 heterocycles. The van der Waals surface area contributed by atoms with E-state index in [1.165, 1.54) is 16.4 Å². The van der Waals surface area contributed by atoms with E-state index in [-0.39, 0.29) is 11.7 Å². The van der Waals surface area contributed by atoms with E-state index in [4.69, 9.17) is 0 Å². The number of aryl methyl sites for hydroxylation is 1. The number of hydrogen-bond acceptors (Lipinski definition) is 4. The molecular formula is C20H27FN4O2S. The number of anilines is 2. The van der Waals surface area contributed by atoms with Gasteiger partial charge in [-0.2, -0.15) is 17.0 Å². The van der Waals surface area contributed by atoms with Crippen molar-refractivity contribution in [1.29, 1.82) is 0 Å². The van der Waals surface area contributed by atoms with Crippen LogP contribution < -0.4 is 5.32 Å². The van der Waals surface area contributed by atoms with Gasteiger partial charge in [-0.15, -0.1) is 0 Å². The van der Waals surface area contributed by atoms with Crippen molar-refractivity contribution in [2.24, 2.45) is 0 Å². The smallest absolute Gasteiger partial charge is 0.281 e. The fourth-order valence-electron chi connectivity index (χ4n) is 3.60. The van der Waals surface area contributed by atoms with Crippen molar-refractivity contribution in [3.63, 3.8) is 0 Å². The molecule has 0 spiro atoms. The van der Waals surface area contributed by atoms with Crippen molar-refractivity contribution in [3.8, 4) is 0 Å². The molecule has 0 unspecified atom stereocenters. The second kappa shape index (κ2) is 8.55. The fourth-order valence-corrected chi connectivity index (χ4v) is 5.28. The standard InChI is InChI=1S/C20H27FN4O2S/c1-4-24(5-2)28(26,27)25-10-9-16(14-25)20-13-19(11-15(3)22-20)23-18-8-6-7-17(21)12-18/h6-8,11-13,16H,4-5,9-10,14H2,1-3H3,(H,22,23)/t16-/m1/s1. The number of rotatable bonds is 7. The Labute approximate surface area is 166 Å². The Hall–Kier alpha value is -2.03. The summed E-state index contributed by atoms with van der Waals surface area (Å²) >= 11 is 0. The minimum atomic E-state index is -3.43. The van der Waals surface area contributed by atoms with Crippen molar-refractivity contribution in [3.05, 3.63) is 53.6 Å². The maximum atomic E-state index is 13.4. The highest BCUT2D eigenvalue weighted by Gasteiger charge is 2.35. The van der Waals surface area contributed by atoms with Gasteiger partial charge in [0, 0.05) is 54.9 Å². The number of benzene rings is 1. The molecule has 3 rings (SSSR count). The third-order valence-electron chi connectivity index (χ3n) is 5.01. The molecule has 6 nitrogen and oxygen atoms in total. The van der Waals surface area contributed by atoms with E-state index in [1.54, 1.807) is 16.4 Å². The second-order valence-electron chi connectivity index (χ2n) is 6.99. The van der Waals surface area contributed by atoms with E-state index in [9.17, 15) is 12.8 Å².